The normalized spacial score (nSPS) is 23.0. The van der Waals surface area contributed by atoms with Gasteiger partial charge >= 0.3 is 0 Å². The van der Waals surface area contributed by atoms with Crippen LogP contribution in [0.3, 0.4) is 0 Å². The topological polar surface area (TPSA) is 65.5 Å². The van der Waals surface area contributed by atoms with Gasteiger partial charge in [0.2, 0.25) is 5.91 Å². The van der Waals surface area contributed by atoms with Crippen molar-refractivity contribution in [2.75, 3.05) is 32.4 Å². The minimum absolute atomic E-state index is 0.0714. The maximum Gasteiger partial charge on any atom is 0.225 e. The lowest BCUT2D eigenvalue weighted by Gasteiger charge is -2.24. The molecule has 1 unspecified atom stereocenters. The predicted octanol–water partition coefficient (Wildman–Crippen LogP) is 1.60. The van der Waals surface area contributed by atoms with Gasteiger partial charge in [-0.05, 0) is 25.5 Å². The van der Waals surface area contributed by atoms with E-state index >= 15 is 0 Å². The summed E-state index contributed by atoms with van der Waals surface area (Å²) in [4.78, 5) is 16.0. The fourth-order valence-corrected chi connectivity index (χ4v) is 3.33. The fraction of sp³-hybridized carbons (Fsp3) is 0.867. The molecule has 0 aromatic heterocycles. The third-order valence-electron chi connectivity index (χ3n) is 3.54. The molecule has 6 heteroatoms. The van der Waals surface area contributed by atoms with Crippen molar-refractivity contribution in [3.8, 4) is 0 Å². The molecule has 0 spiro atoms. The average molecular weight is 314 g/mol. The number of rotatable bonds is 5. The zero-order chi connectivity index (χ0) is 15.9. The Morgan fingerprint density at radius 1 is 1.24 bits per heavy atom. The minimum Gasteiger partial charge on any atom is -0.355 e. The van der Waals surface area contributed by atoms with Crippen LogP contribution in [-0.4, -0.2) is 49.0 Å². The minimum atomic E-state index is -0.339. The van der Waals surface area contributed by atoms with E-state index in [4.69, 9.17) is 0 Å². The number of carbonyl (C=O) groups excluding carboxylic acids is 1. The second-order valence-corrected chi connectivity index (χ2v) is 8.44. The predicted molar refractivity (Wildman–Crippen MR) is 91.9 cm³/mol. The first-order valence-corrected chi connectivity index (χ1v) is 8.62. The van der Waals surface area contributed by atoms with E-state index < -0.39 is 0 Å². The molecular weight excluding hydrogens is 284 g/mol. The molecular formula is C15H30N4OS. The van der Waals surface area contributed by atoms with Gasteiger partial charge in [0, 0.05) is 36.8 Å². The molecule has 1 amide bonds. The van der Waals surface area contributed by atoms with E-state index in [-0.39, 0.29) is 11.3 Å². The number of guanidine groups is 1. The number of carbonyl (C=O) groups is 1. The Bertz CT molecular complexity index is 370. The zero-order valence-corrected chi connectivity index (χ0v) is 14.8. The number of hydrogen-bond donors (Lipinski definition) is 3. The standard InChI is InChI=1S/C15H30N4OS/c1-14(2,3)12(20)17-8-9-18-13(16-5)19-11-15(4)7-6-10-21-15/h6-11H2,1-5H3,(H,17,20)(H2,16,18,19). The molecule has 0 aromatic carbocycles. The number of hydrogen-bond acceptors (Lipinski definition) is 3. The Balaban J connectivity index is 2.21. The van der Waals surface area contributed by atoms with Crippen molar-refractivity contribution in [1.29, 1.82) is 0 Å². The summed E-state index contributed by atoms with van der Waals surface area (Å²) in [6.07, 6.45) is 2.55. The molecule has 1 fully saturated rings. The second kappa shape index (κ2) is 7.92. The summed E-state index contributed by atoms with van der Waals surface area (Å²) < 4.78 is 0.318. The third kappa shape index (κ3) is 6.59. The Labute approximate surface area is 133 Å². The van der Waals surface area contributed by atoms with Crippen LogP contribution in [0, 0.1) is 5.41 Å². The summed E-state index contributed by atoms with van der Waals surface area (Å²) in [5.74, 6) is 2.12. The Hall–Kier alpha value is -0.910. The number of thioether (sulfide) groups is 1. The van der Waals surface area contributed by atoms with E-state index in [0.29, 0.717) is 17.8 Å². The molecule has 1 heterocycles. The van der Waals surface area contributed by atoms with Crippen LogP contribution < -0.4 is 16.0 Å². The zero-order valence-electron chi connectivity index (χ0n) is 14.0. The number of amides is 1. The molecule has 1 aliphatic rings. The fourth-order valence-electron chi connectivity index (χ4n) is 2.09. The van der Waals surface area contributed by atoms with E-state index in [1.165, 1.54) is 18.6 Å². The van der Waals surface area contributed by atoms with Crippen LogP contribution in [0.15, 0.2) is 4.99 Å². The monoisotopic (exact) mass is 314 g/mol. The van der Waals surface area contributed by atoms with Gasteiger partial charge in [-0.25, -0.2) is 0 Å². The molecule has 1 atom stereocenters. The number of aliphatic imine (C=N–C) groups is 1. The van der Waals surface area contributed by atoms with Crippen molar-refractivity contribution in [3.05, 3.63) is 0 Å². The first-order chi connectivity index (χ1) is 9.77. The van der Waals surface area contributed by atoms with Crippen molar-refractivity contribution < 1.29 is 4.79 Å². The van der Waals surface area contributed by atoms with E-state index in [0.717, 1.165) is 12.5 Å². The van der Waals surface area contributed by atoms with Gasteiger partial charge in [0.1, 0.15) is 0 Å². The summed E-state index contributed by atoms with van der Waals surface area (Å²) in [6, 6.07) is 0. The van der Waals surface area contributed by atoms with Gasteiger partial charge in [0.15, 0.2) is 5.96 Å². The van der Waals surface area contributed by atoms with E-state index in [1.807, 2.05) is 32.5 Å². The molecule has 0 saturated carbocycles. The molecule has 122 valence electrons. The van der Waals surface area contributed by atoms with Crippen LogP contribution in [0.5, 0.6) is 0 Å². The summed E-state index contributed by atoms with van der Waals surface area (Å²) >= 11 is 2.03. The molecule has 1 rings (SSSR count). The lowest BCUT2D eigenvalue weighted by atomic mass is 9.96. The molecule has 0 bridgehead atoms. The van der Waals surface area contributed by atoms with Crippen LogP contribution in [0.4, 0.5) is 0 Å². The van der Waals surface area contributed by atoms with E-state index in [9.17, 15) is 4.79 Å². The SMILES string of the molecule is CN=C(NCCNC(=O)C(C)(C)C)NCC1(C)CCCS1. The highest BCUT2D eigenvalue weighted by Crippen LogP contribution is 2.36. The summed E-state index contributed by atoms with van der Waals surface area (Å²) in [5, 5.41) is 9.53. The lowest BCUT2D eigenvalue weighted by Crippen LogP contribution is -2.46. The van der Waals surface area contributed by atoms with Crippen LogP contribution in [0.1, 0.15) is 40.5 Å². The van der Waals surface area contributed by atoms with Crippen molar-refractivity contribution in [1.82, 2.24) is 16.0 Å². The highest BCUT2D eigenvalue weighted by molar-refractivity contribution is 8.00. The summed E-state index contributed by atoms with van der Waals surface area (Å²) in [7, 11) is 1.77. The third-order valence-corrected chi connectivity index (χ3v) is 5.08. The highest BCUT2D eigenvalue weighted by Gasteiger charge is 2.29. The molecule has 5 nitrogen and oxygen atoms in total. The van der Waals surface area contributed by atoms with Crippen LogP contribution in [0.2, 0.25) is 0 Å². The van der Waals surface area contributed by atoms with Crippen molar-refractivity contribution in [2.45, 2.75) is 45.3 Å². The molecule has 0 aromatic rings. The van der Waals surface area contributed by atoms with Crippen molar-refractivity contribution >= 4 is 23.6 Å². The average Bonchev–Trinajstić information content (AvgIpc) is 2.84. The van der Waals surface area contributed by atoms with Crippen LogP contribution in [-0.2, 0) is 4.79 Å². The molecule has 3 N–H and O–H groups in total. The molecule has 1 saturated heterocycles. The Kier molecular flexibility index (Phi) is 6.84. The van der Waals surface area contributed by atoms with Crippen molar-refractivity contribution in [3.63, 3.8) is 0 Å². The van der Waals surface area contributed by atoms with E-state index in [1.54, 1.807) is 7.05 Å². The van der Waals surface area contributed by atoms with Crippen molar-refractivity contribution in [2.24, 2.45) is 10.4 Å². The van der Waals surface area contributed by atoms with Crippen LogP contribution in [0.25, 0.3) is 0 Å². The van der Waals surface area contributed by atoms with Gasteiger partial charge in [-0.2, -0.15) is 11.8 Å². The lowest BCUT2D eigenvalue weighted by molar-refractivity contribution is -0.128. The van der Waals surface area contributed by atoms with Gasteiger partial charge in [0.25, 0.3) is 0 Å². The Morgan fingerprint density at radius 2 is 1.90 bits per heavy atom. The van der Waals surface area contributed by atoms with Crippen LogP contribution >= 0.6 is 11.8 Å². The molecule has 21 heavy (non-hydrogen) atoms. The highest BCUT2D eigenvalue weighted by atomic mass is 32.2. The van der Waals surface area contributed by atoms with Gasteiger partial charge in [-0.15, -0.1) is 0 Å². The quantitative estimate of drug-likeness (QED) is 0.410. The first-order valence-electron chi connectivity index (χ1n) is 7.64. The largest absolute Gasteiger partial charge is 0.355 e. The number of nitrogens with one attached hydrogen (secondary N) is 3. The molecule has 0 radical (unpaired) electrons. The maximum absolute atomic E-state index is 11.7. The summed E-state index contributed by atoms with van der Waals surface area (Å²) in [5.41, 5.74) is -0.339. The Morgan fingerprint density at radius 3 is 2.43 bits per heavy atom. The maximum atomic E-state index is 11.7. The van der Waals surface area contributed by atoms with Gasteiger partial charge in [-0.3, -0.25) is 9.79 Å². The number of nitrogens with zero attached hydrogens (tertiary/aromatic N) is 1. The molecule has 0 aliphatic carbocycles. The smallest absolute Gasteiger partial charge is 0.225 e. The van der Waals surface area contributed by atoms with Gasteiger partial charge in [0.05, 0.1) is 0 Å². The van der Waals surface area contributed by atoms with Gasteiger partial charge < -0.3 is 16.0 Å². The molecule has 1 aliphatic heterocycles. The van der Waals surface area contributed by atoms with E-state index in [2.05, 4.69) is 27.9 Å². The second-order valence-electron chi connectivity index (χ2n) is 6.76. The first kappa shape index (κ1) is 18.1. The summed E-state index contributed by atoms with van der Waals surface area (Å²) in [6.45, 7) is 10.2. The van der Waals surface area contributed by atoms with Gasteiger partial charge in [-0.1, -0.05) is 20.8 Å².